The van der Waals surface area contributed by atoms with Crippen LogP contribution in [0.2, 0.25) is 0 Å². The summed E-state index contributed by atoms with van der Waals surface area (Å²) in [7, 11) is 0. The number of amides is 2. The van der Waals surface area contributed by atoms with Gasteiger partial charge >= 0.3 is 12.1 Å². The van der Waals surface area contributed by atoms with Crippen LogP contribution in [0.1, 0.15) is 62.6 Å². The first-order valence-corrected chi connectivity index (χ1v) is 14.3. The first-order chi connectivity index (χ1) is 20.1. The second-order valence-electron chi connectivity index (χ2n) is 10.6. The zero-order chi connectivity index (χ0) is 30.6. The molecule has 9 heteroatoms. The molecule has 2 amide bonds. The minimum atomic E-state index is -1.56. The molecule has 1 aliphatic rings. The number of aryl methyl sites for hydroxylation is 1. The third-order valence-electron chi connectivity index (χ3n) is 7.16. The van der Waals surface area contributed by atoms with E-state index in [4.69, 9.17) is 14.6 Å². The number of imide groups is 1. The number of esters is 1. The summed E-state index contributed by atoms with van der Waals surface area (Å²) >= 11 is 0. The number of allylic oxidation sites excluding steroid dienone is 1. The van der Waals surface area contributed by atoms with Gasteiger partial charge in [0.25, 0.3) is 0 Å². The first-order valence-electron chi connectivity index (χ1n) is 14.3. The van der Waals surface area contributed by atoms with Crippen LogP contribution in [0, 0.1) is 12.8 Å². The van der Waals surface area contributed by atoms with Gasteiger partial charge in [-0.2, -0.15) is 0 Å². The van der Waals surface area contributed by atoms with E-state index in [0.29, 0.717) is 24.8 Å². The van der Waals surface area contributed by atoms with E-state index < -0.39 is 41.8 Å². The van der Waals surface area contributed by atoms with Crippen molar-refractivity contribution in [3.05, 3.63) is 77.4 Å². The zero-order valence-electron chi connectivity index (χ0n) is 24.4. The summed E-state index contributed by atoms with van der Waals surface area (Å²) in [6, 6.07) is 15.9. The number of ether oxygens (including phenoxy) is 2. The Bertz CT molecular complexity index is 1300. The highest BCUT2D eigenvalue weighted by molar-refractivity contribution is 6.25. The van der Waals surface area contributed by atoms with E-state index >= 15 is 0 Å². The minimum absolute atomic E-state index is 0.00256. The van der Waals surface area contributed by atoms with Gasteiger partial charge in [0.2, 0.25) is 5.91 Å². The number of aliphatic hydroxyl groups excluding tert-OH is 1. The van der Waals surface area contributed by atoms with Crippen molar-refractivity contribution in [2.24, 2.45) is 5.92 Å². The van der Waals surface area contributed by atoms with Crippen LogP contribution in [-0.2, 0) is 35.1 Å². The highest BCUT2D eigenvalue weighted by atomic mass is 16.6. The van der Waals surface area contributed by atoms with E-state index in [1.807, 2.05) is 43.3 Å². The summed E-state index contributed by atoms with van der Waals surface area (Å²) in [6.07, 6.45) is 2.08. The van der Waals surface area contributed by atoms with Gasteiger partial charge in [-0.25, -0.2) is 9.69 Å². The van der Waals surface area contributed by atoms with Gasteiger partial charge in [0, 0.05) is 25.5 Å². The second kappa shape index (κ2) is 15.8. The molecule has 42 heavy (non-hydrogen) atoms. The monoisotopic (exact) mass is 577 g/mol. The minimum Gasteiger partial charge on any atom is -0.453 e. The summed E-state index contributed by atoms with van der Waals surface area (Å²) in [5.74, 6) is -3.71. The number of carbonyl (C=O) groups is 5. The smallest absolute Gasteiger partial charge is 0.416 e. The number of hydrogen-bond acceptors (Lipinski definition) is 8. The second-order valence-corrected chi connectivity index (χ2v) is 10.6. The number of benzene rings is 2. The number of Topliss-reactive ketones (excluding diaryl/α,β-unsaturated/α-hetero) is 1. The Morgan fingerprint density at radius 1 is 1.05 bits per heavy atom. The zero-order valence-corrected chi connectivity index (χ0v) is 24.4. The molecule has 0 saturated carbocycles. The average molecular weight is 578 g/mol. The molecule has 2 aromatic carbocycles. The van der Waals surface area contributed by atoms with Crippen LogP contribution in [0.15, 0.2) is 60.7 Å². The predicted molar refractivity (Wildman–Crippen MR) is 156 cm³/mol. The normalized spacial score (nSPS) is 16.5. The van der Waals surface area contributed by atoms with Gasteiger partial charge < -0.3 is 14.6 Å². The summed E-state index contributed by atoms with van der Waals surface area (Å²) in [6.45, 7) is 4.51. The highest BCUT2D eigenvalue weighted by Gasteiger charge is 2.43. The Labute approximate surface area is 246 Å². The SMILES string of the molecule is CC(=O)O[C@H](C(=O)C=C(C(=O)CCCCCCO)c1cccc(C)c1)[C@H](C)C(=O)N1C(=O)OC[C@@H]1Cc1ccccc1. The van der Waals surface area contributed by atoms with E-state index in [2.05, 4.69) is 0 Å². The maximum atomic E-state index is 13.7. The Kier molecular flexibility index (Phi) is 12.2. The number of hydrogen-bond donors (Lipinski definition) is 1. The molecule has 3 atom stereocenters. The lowest BCUT2D eigenvalue weighted by Gasteiger charge is -2.26. The van der Waals surface area contributed by atoms with Crippen LogP contribution in [0.25, 0.3) is 5.57 Å². The molecule has 1 N–H and O–H groups in total. The van der Waals surface area contributed by atoms with E-state index in [9.17, 15) is 24.0 Å². The van der Waals surface area contributed by atoms with Gasteiger partial charge in [-0.1, -0.05) is 73.0 Å². The van der Waals surface area contributed by atoms with Crippen molar-refractivity contribution in [1.82, 2.24) is 4.90 Å². The van der Waals surface area contributed by atoms with Crippen molar-refractivity contribution in [2.75, 3.05) is 13.2 Å². The molecule has 0 radical (unpaired) electrons. The fraction of sp³-hybridized carbons (Fsp3) is 0.424. The number of aliphatic hydroxyl groups is 1. The maximum Gasteiger partial charge on any atom is 0.416 e. The molecule has 0 aromatic heterocycles. The van der Waals surface area contributed by atoms with Gasteiger partial charge in [-0.3, -0.25) is 19.2 Å². The largest absolute Gasteiger partial charge is 0.453 e. The van der Waals surface area contributed by atoms with Gasteiger partial charge in [0.1, 0.15) is 6.61 Å². The summed E-state index contributed by atoms with van der Waals surface area (Å²) in [5.41, 5.74) is 2.48. The van der Waals surface area contributed by atoms with Crippen molar-refractivity contribution in [1.29, 1.82) is 0 Å². The van der Waals surface area contributed by atoms with E-state index in [1.165, 1.54) is 6.92 Å². The predicted octanol–water partition coefficient (Wildman–Crippen LogP) is 4.62. The lowest BCUT2D eigenvalue weighted by atomic mass is 9.92. The molecule has 1 aliphatic heterocycles. The number of ketones is 2. The molecule has 2 aromatic rings. The number of carbonyl (C=O) groups excluding carboxylic acids is 5. The van der Waals surface area contributed by atoms with Crippen LogP contribution in [0.4, 0.5) is 4.79 Å². The van der Waals surface area contributed by atoms with Crippen LogP contribution < -0.4 is 0 Å². The molecule has 0 unspecified atom stereocenters. The van der Waals surface area contributed by atoms with E-state index in [-0.39, 0.29) is 31.0 Å². The van der Waals surface area contributed by atoms with Gasteiger partial charge in [0.15, 0.2) is 17.7 Å². The van der Waals surface area contributed by atoms with Crippen LogP contribution in [0.3, 0.4) is 0 Å². The van der Waals surface area contributed by atoms with Gasteiger partial charge in [-0.05, 0) is 50.3 Å². The molecular formula is C33H39NO8. The molecule has 224 valence electrons. The number of nitrogens with zero attached hydrogens (tertiary/aromatic N) is 1. The number of unbranched alkanes of at least 4 members (excludes halogenated alkanes) is 3. The Morgan fingerprint density at radius 3 is 2.43 bits per heavy atom. The van der Waals surface area contributed by atoms with Gasteiger partial charge in [-0.15, -0.1) is 0 Å². The fourth-order valence-electron chi connectivity index (χ4n) is 4.95. The standard InChI is InChI=1S/C33H39NO8/c1-22-12-11-15-26(18-22)28(29(37)16-9-4-5-10-17-35)20-30(38)31(42-24(3)36)23(2)32(39)34-27(21-41-33(34)40)19-25-13-7-6-8-14-25/h6-8,11-15,18,20,23,27,31,35H,4-5,9-10,16-17,19,21H2,1-3H3/t23-,27-,31-/m0/s1. The third-order valence-corrected chi connectivity index (χ3v) is 7.16. The molecule has 1 fully saturated rings. The van der Waals surface area contributed by atoms with Crippen LogP contribution in [-0.4, -0.2) is 64.9 Å². The Hall–Kier alpha value is -4.11. The van der Waals surface area contributed by atoms with Crippen LogP contribution in [0.5, 0.6) is 0 Å². The molecule has 0 spiro atoms. The van der Waals surface area contributed by atoms with Crippen molar-refractivity contribution < 1.29 is 38.6 Å². The summed E-state index contributed by atoms with van der Waals surface area (Å²) in [5, 5.41) is 9.00. The molecule has 1 heterocycles. The number of rotatable bonds is 15. The highest BCUT2D eigenvalue weighted by Crippen LogP contribution is 2.25. The van der Waals surface area contributed by atoms with E-state index in [0.717, 1.165) is 41.9 Å². The molecule has 3 rings (SSSR count). The molecule has 9 nitrogen and oxygen atoms in total. The molecule has 0 aliphatic carbocycles. The van der Waals surface area contributed by atoms with Crippen molar-refractivity contribution in [3.63, 3.8) is 0 Å². The molecule has 0 bridgehead atoms. The third kappa shape index (κ3) is 8.94. The fourth-order valence-corrected chi connectivity index (χ4v) is 4.95. The lowest BCUT2D eigenvalue weighted by Crippen LogP contribution is -2.48. The first kappa shape index (κ1) is 32.4. The number of cyclic esters (lactones) is 1. The summed E-state index contributed by atoms with van der Waals surface area (Å²) in [4.78, 5) is 66.2. The Balaban J connectivity index is 1.88. The summed E-state index contributed by atoms with van der Waals surface area (Å²) < 4.78 is 10.5. The molecular weight excluding hydrogens is 538 g/mol. The van der Waals surface area contributed by atoms with Crippen molar-refractivity contribution in [3.8, 4) is 0 Å². The van der Waals surface area contributed by atoms with Gasteiger partial charge in [0.05, 0.1) is 12.0 Å². The Morgan fingerprint density at radius 2 is 1.76 bits per heavy atom. The van der Waals surface area contributed by atoms with E-state index in [1.54, 1.807) is 18.2 Å². The van der Waals surface area contributed by atoms with Crippen molar-refractivity contribution in [2.45, 2.75) is 71.4 Å². The topological polar surface area (TPSA) is 127 Å². The maximum absolute atomic E-state index is 13.7. The molecule has 1 saturated heterocycles. The quantitative estimate of drug-likeness (QED) is 0.185. The lowest BCUT2D eigenvalue weighted by molar-refractivity contribution is -0.158. The van der Waals surface area contributed by atoms with Crippen molar-refractivity contribution >= 4 is 35.1 Å². The average Bonchev–Trinajstić information content (AvgIpc) is 3.33. The van der Waals surface area contributed by atoms with Crippen LogP contribution >= 0.6 is 0 Å².